The number of hydrogen-bond acceptors (Lipinski definition) is 10. The van der Waals surface area contributed by atoms with Crippen molar-refractivity contribution in [2.24, 2.45) is 11.7 Å². The van der Waals surface area contributed by atoms with Gasteiger partial charge in [0.15, 0.2) is 5.79 Å². The third-order valence-corrected chi connectivity index (χ3v) is 7.39. The third kappa shape index (κ3) is 5.28. The lowest BCUT2D eigenvalue weighted by Crippen LogP contribution is -2.77. The van der Waals surface area contributed by atoms with Gasteiger partial charge < -0.3 is 50.8 Å². The zero-order chi connectivity index (χ0) is 30.0. The van der Waals surface area contributed by atoms with Crippen molar-refractivity contribution in [2.75, 3.05) is 6.54 Å². The van der Waals surface area contributed by atoms with Crippen molar-refractivity contribution in [1.82, 2.24) is 5.32 Å². The molecular formula is C26H34N2O12. The van der Waals surface area contributed by atoms with E-state index in [-0.39, 0.29) is 12.3 Å². The van der Waals surface area contributed by atoms with E-state index in [4.69, 9.17) is 19.9 Å². The van der Waals surface area contributed by atoms with Crippen LogP contribution in [0.5, 0.6) is 0 Å². The molecule has 8 N–H and O–H groups in total. The van der Waals surface area contributed by atoms with E-state index in [9.17, 15) is 44.7 Å². The minimum atomic E-state index is -3.47. The largest absolute Gasteiger partial charge is 0.479 e. The topological polar surface area (TPSA) is 235 Å². The number of nitrogens with two attached hydrogens (primary N) is 1. The van der Waals surface area contributed by atoms with Crippen molar-refractivity contribution < 1.29 is 58.9 Å². The summed E-state index contributed by atoms with van der Waals surface area (Å²) in [5.41, 5.74) is -0.400. The molecule has 0 radical (unpaired) electrons. The fraction of sp³-hybridized carbons (Fsp3) is 0.538. The van der Waals surface area contributed by atoms with E-state index < -0.39 is 78.3 Å². The monoisotopic (exact) mass is 566 g/mol. The molecule has 8 atom stereocenters. The van der Waals surface area contributed by atoms with Crippen molar-refractivity contribution in [3.63, 3.8) is 0 Å². The van der Waals surface area contributed by atoms with Gasteiger partial charge in [0.1, 0.15) is 24.4 Å². The molecule has 2 saturated heterocycles. The van der Waals surface area contributed by atoms with Crippen LogP contribution in [0.2, 0.25) is 0 Å². The lowest BCUT2D eigenvalue weighted by atomic mass is 9.74. The van der Waals surface area contributed by atoms with Gasteiger partial charge in [-0.15, -0.1) is 0 Å². The van der Waals surface area contributed by atoms with Gasteiger partial charge in [-0.25, -0.2) is 14.4 Å². The van der Waals surface area contributed by atoms with Gasteiger partial charge in [-0.2, -0.15) is 0 Å². The summed E-state index contributed by atoms with van der Waals surface area (Å²) in [5.74, 6) is -7.46. The Labute approximate surface area is 229 Å². The van der Waals surface area contributed by atoms with E-state index in [1.165, 1.54) is 6.92 Å². The number of carbonyl (C=O) groups excluding carboxylic acids is 2. The first-order valence-corrected chi connectivity index (χ1v) is 12.5. The quantitative estimate of drug-likeness (QED) is 0.123. The normalized spacial score (nSPS) is 32.5. The molecule has 1 aromatic carbocycles. The summed E-state index contributed by atoms with van der Waals surface area (Å²) < 4.78 is 16.7. The maximum atomic E-state index is 12.4. The zero-order valence-corrected chi connectivity index (χ0v) is 22.0. The van der Waals surface area contributed by atoms with Gasteiger partial charge in [0.2, 0.25) is 11.2 Å². The van der Waals surface area contributed by atoms with Gasteiger partial charge in [-0.1, -0.05) is 43.8 Å². The van der Waals surface area contributed by atoms with E-state index in [0.29, 0.717) is 12.0 Å². The van der Waals surface area contributed by atoms with Crippen LogP contribution >= 0.6 is 0 Å². The van der Waals surface area contributed by atoms with Crippen LogP contribution in [0.4, 0.5) is 4.79 Å². The number of aliphatic carboxylic acids is 2. The Kier molecular flexibility index (Phi) is 8.91. The van der Waals surface area contributed by atoms with Gasteiger partial charge >= 0.3 is 23.9 Å². The fourth-order valence-electron chi connectivity index (χ4n) is 5.44. The van der Waals surface area contributed by atoms with Crippen LogP contribution in [0.25, 0.3) is 0 Å². The number of ether oxygens (including phenoxy) is 3. The first kappa shape index (κ1) is 31.0. The Morgan fingerprint density at radius 3 is 2.27 bits per heavy atom. The average molecular weight is 567 g/mol. The molecule has 2 heterocycles. The minimum absolute atomic E-state index is 0.113. The number of aliphatic hydroxyl groups is 3. The van der Waals surface area contributed by atoms with E-state index in [1.807, 2.05) is 42.6 Å². The highest BCUT2D eigenvalue weighted by atomic mass is 16.8. The maximum Gasteiger partial charge on any atom is 0.342 e. The van der Waals surface area contributed by atoms with Gasteiger partial charge in [-0.05, 0) is 24.0 Å². The van der Waals surface area contributed by atoms with E-state index >= 15 is 0 Å². The predicted octanol–water partition coefficient (Wildman–Crippen LogP) is -0.712. The molecule has 14 nitrogen and oxygen atoms in total. The van der Waals surface area contributed by atoms with Crippen LogP contribution in [0.15, 0.2) is 42.5 Å². The number of hydrogen-bond donors (Lipinski definition) is 7. The molecule has 2 aliphatic heterocycles. The van der Waals surface area contributed by atoms with Gasteiger partial charge in [0, 0.05) is 25.8 Å². The molecule has 1 aromatic rings. The second-order valence-electron chi connectivity index (χ2n) is 10.1. The molecule has 0 aliphatic carbocycles. The van der Waals surface area contributed by atoms with E-state index in [1.54, 1.807) is 0 Å². The van der Waals surface area contributed by atoms with Gasteiger partial charge in [0.05, 0.1) is 0 Å². The summed E-state index contributed by atoms with van der Waals surface area (Å²) in [4.78, 5) is 47.8. The van der Waals surface area contributed by atoms with Crippen LogP contribution in [-0.4, -0.2) is 97.4 Å². The van der Waals surface area contributed by atoms with Crippen molar-refractivity contribution in [2.45, 2.75) is 74.5 Å². The number of carboxylic acids is 2. The molecule has 2 aliphatic rings. The highest BCUT2D eigenvalue weighted by molar-refractivity contribution is 5.93. The van der Waals surface area contributed by atoms with Crippen LogP contribution in [0.1, 0.15) is 32.3 Å². The summed E-state index contributed by atoms with van der Waals surface area (Å²) in [6.45, 7) is 6.26. The summed E-state index contributed by atoms with van der Waals surface area (Å²) in [5, 5.41) is 54.8. The molecule has 2 fully saturated rings. The Morgan fingerprint density at radius 2 is 1.75 bits per heavy atom. The zero-order valence-electron chi connectivity index (χ0n) is 22.0. The number of carbonyl (C=O) groups is 4. The summed E-state index contributed by atoms with van der Waals surface area (Å²) in [7, 11) is 0. The number of esters is 1. The summed E-state index contributed by atoms with van der Waals surface area (Å²) in [6.07, 6.45) is -7.51. The molecule has 220 valence electrons. The molecule has 0 unspecified atom stereocenters. The highest BCUT2D eigenvalue weighted by Crippen LogP contribution is 2.54. The van der Waals surface area contributed by atoms with Crippen molar-refractivity contribution in [3.05, 3.63) is 48.0 Å². The first-order chi connectivity index (χ1) is 18.6. The smallest absolute Gasteiger partial charge is 0.342 e. The number of fused-ring (bicyclic) bond motifs is 2. The molecule has 0 saturated carbocycles. The van der Waals surface area contributed by atoms with Crippen molar-refractivity contribution in [3.8, 4) is 0 Å². The standard InChI is InChI=1S/C26H34N2O12/c1-13(18(38-15(3)29)14(2)11-16-7-5-4-6-8-16)9-10-24-19(30)20(31)26(40-24,22(34)35)25(37,21(32)33)17(39-24)12-28-23(27)36/h4-8,14,17-20,30-31,37H,1,9-12H2,2-3H3,(H,32,33)(H,34,35)(H3,27,28,36)/t14-,17-,18-,19-,20-,24+,25-,26+/m1/s1. The second-order valence-corrected chi connectivity index (χ2v) is 10.1. The number of aliphatic hydroxyl groups excluding tert-OH is 2. The van der Waals surface area contributed by atoms with Crippen LogP contribution in [0.3, 0.4) is 0 Å². The molecule has 0 aromatic heterocycles. The predicted molar refractivity (Wildman–Crippen MR) is 134 cm³/mol. The lowest BCUT2D eigenvalue weighted by Gasteiger charge is -2.50. The molecule has 0 spiro atoms. The molecule has 14 heteroatoms. The molecule has 2 bridgehead atoms. The van der Waals surface area contributed by atoms with Crippen molar-refractivity contribution in [1.29, 1.82) is 0 Å². The minimum Gasteiger partial charge on any atom is -0.479 e. The van der Waals surface area contributed by atoms with Crippen molar-refractivity contribution >= 4 is 23.9 Å². The molecule has 40 heavy (non-hydrogen) atoms. The molecular weight excluding hydrogens is 532 g/mol. The third-order valence-electron chi connectivity index (χ3n) is 7.39. The average Bonchev–Trinajstić information content (AvgIpc) is 3.08. The number of rotatable bonds is 12. The van der Waals surface area contributed by atoms with E-state index in [0.717, 1.165) is 5.56 Å². The van der Waals surface area contributed by atoms with Gasteiger partial charge in [-0.3, -0.25) is 4.79 Å². The number of nitrogens with one attached hydrogen (secondary N) is 1. The van der Waals surface area contributed by atoms with Gasteiger partial charge in [0.25, 0.3) is 0 Å². The Bertz CT molecular complexity index is 1160. The summed E-state index contributed by atoms with van der Waals surface area (Å²) in [6, 6.07) is 8.24. The van der Waals surface area contributed by atoms with E-state index in [2.05, 4.69) is 6.58 Å². The maximum absolute atomic E-state index is 12.4. The number of benzene rings is 1. The SMILES string of the molecule is C=C(CC[C@]12O[C@H](CNC(N)=O)[C@@](O)(C(=O)O)[C@](C(=O)O)(O1)[C@H](O)[C@H]2O)[C@@H](OC(C)=O)[C@H](C)Cc1ccccc1. The fourth-order valence-corrected chi connectivity index (χ4v) is 5.44. The Morgan fingerprint density at radius 1 is 1.12 bits per heavy atom. The Balaban J connectivity index is 1.93. The Hall–Kier alpha value is -3.56. The van der Waals surface area contributed by atoms with Crippen LogP contribution in [-0.2, 0) is 35.0 Å². The number of primary amides is 1. The second kappa shape index (κ2) is 11.5. The highest BCUT2D eigenvalue weighted by Gasteiger charge is 2.83. The lowest BCUT2D eigenvalue weighted by molar-refractivity contribution is -0.378. The van der Waals surface area contributed by atoms with Crippen LogP contribution < -0.4 is 11.1 Å². The first-order valence-electron chi connectivity index (χ1n) is 12.5. The number of urea groups is 1. The summed E-state index contributed by atoms with van der Waals surface area (Å²) >= 11 is 0. The molecule has 2 amide bonds. The molecule has 3 rings (SSSR count). The number of carboxylic acid groups (broad SMARTS) is 2. The number of amides is 2. The van der Waals surface area contributed by atoms with Crippen LogP contribution in [0, 0.1) is 5.92 Å².